The molecule has 2 aliphatic heterocycles. The number of benzene rings is 1. The molecular weight excluding hydrogens is 314 g/mol. The predicted octanol–water partition coefficient (Wildman–Crippen LogP) is 2.84. The van der Waals surface area contributed by atoms with Crippen molar-refractivity contribution in [2.24, 2.45) is 10.4 Å². The number of nitrogens with zero attached hydrogens (tertiary/aromatic N) is 2. The highest BCUT2D eigenvalue weighted by Gasteiger charge is 2.42. The molecule has 1 aromatic carbocycles. The molecule has 2 heterocycles. The molecule has 5 nitrogen and oxygen atoms in total. The number of hydrogen-bond donors (Lipinski definition) is 1. The lowest BCUT2D eigenvalue weighted by atomic mass is 9.87. The van der Waals surface area contributed by atoms with Crippen LogP contribution in [0.25, 0.3) is 0 Å². The molecule has 0 aromatic heterocycles. The van der Waals surface area contributed by atoms with E-state index in [4.69, 9.17) is 14.5 Å². The van der Waals surface area contributed by atoms with Crippen molar-refractivity contribution < 1.29 is 9.47 Å². The molecule has 0 bridgehead atoms. The van der Waals surface area contributed by atoms with Crippen LogP contribution in [0, 0.1) is 12.3 Å². The Morgan fingerprint density at radius 2 is 2.24 bits per heavy atom. The van der Waals surface area contributed by atoms with E-state index >= 15 is 0 Å². The molecule has 2 unspecified atom stereocenters. The van der Waals surface area contributed by atoms with Gasteiger partial charge in [0.2, 0.25) is 0 Å². The lowest BCUT2D eigenvalue weighted by Crippen LogP contribution is -2.42. The van der Waals surface area contributed by atoms with Gasteiger partial charge in [0.05, 0.1) is 13.2 Å². The van der Waals surface area contributed by atoms with Crippen molar-refractivity contribution in [3.63, 3.8) is 0 Å². The van der Waals surface area contributed by atoms with Crippen LogP contribution in [-0.4, -0.2) is 56.4 Å². The standard InChI is InChI=1S/C20H31N3O2/c1-4-21-19(23-11-9-20(14-23)10-12-24-15-20)22-13-17(3)25-18-8-6-5-7-16(18)2/h5-8,17H,4,9-15H2,1-3H3,(H,21,22). The van der Waals surface area contributed by atoms with Gasteiger partial charge in [-0.2, -0.15) is 0 Å². The van der Waals surface area contributed by atoms with E-state index in [1.807, 2.05) is 18.2 Å². The normalized spacial score (nSPS) is 24.8. The molecule has 2 fully saturated rings. The Morgan fingerprint density at radius 3 is 2.96 bits per heavy atom. The van der Waals surface area contributed by atoms with Gasteiger partial charge in [0.25, 0.3) is 0 Å². The van der Waals surface area contributed by atoms with Gasteiger partial charge in [-0.3, -0.25) is 0 Å². The highest BCUT2D eigenvalue weighted by atomic mass is 16.5. The van der Waals surface area contributed by atoms with Gasteiger partial charge in [-0.1, -0.05) is 18.2 Å². The Morgan fingerprint density at radius 1 is 1.40 bits per heavy atom. The molecule has 5 heteroatoms. The molecule has 2 aliphatic rings. The van der Waals surface area contributed by atoms with Gasteiger partial charge in [-0.05, 0) is 45.2 Å². The summed E-state index contributed by atoms with van der Waals surface area (Å²) in [6, 6.07) is 8.13. The summed E-state index contributed by atoms with van der Waals surface area (Å²) in [7, 11) is 0. The number of nitrogens with one attached hydrogen (secondary N) is 1. The molecule has 2 atom stereocenters. The smallest absolute Gasteiger partial charge is 0.194 e. The van der Waals surface area contributed by atoms with Gasteiger partial charge in [-0.15, -0.1) is 0 Å². The van der Waals surface area contributed by atoms with E-state index in [9.17, 15) is 0 Å². The molecule has 0 saturated carbocycles. The third-order valence-electron chi connectivity index (χ3n) is 5.18. The maximum atomic E-state index is 6.06. The lowest BCUT2D eigenvalue weighted by molar-refractivity contribution is 0.156. The fourth-order valence-electron chi connectivity index (χ4n) is 3.67. The monoisotopic (exact) mass is 345 g/mol. The largest absolute Gasteiger partial charge is 0.489 e. The topological polar surface area (TPSA) is 46.1 Å². The van der Waals surface area contributed by atoms with Crippen LogP contribution < -0.4 is 10.1 Å². The molecule has 138 valence electrons. The molecule has 0 aliphatic carbocycles. The first kappa shape index (κ1) is 18.1. The highest BCUT2D eigenvalue weighted by Crippen LogP contribution is 2.38. The Hall–Kier alpha value is -1.75. The molecule has 0 radical (unpaired) electrons. The van der Waals surface area contributed by atoms with Crippen molar-refractivity contribution in [1.29, 1.82) is 0 Å². The summed E-state index contributed by atoms with van der Waals surface area (Å²) in [5.41, 5.74) is 1.51. The summed E-state index contributed by atoms with van der Waals surface area (Å²) in [5, 5.41) is 3.44. The number of guanidine groups is 1. The van der Waals surface area contributed by atoms with Crippen molar-refractivity contribution in [1.82, 2.24) is 10.2 Å². The van der Waals surface area contributed by atoms with Crippen LogP contribution in [0.3, 0.4) is 0 Å². The van der Waals surface area contributed by atoms with Crippen LogP contribution in [0.1, 0.15) is 32.3 Å². The zero-order chi connectivity index (χ0) is 17.7. The van der Waals surface area contributed by atoms with E-state index in [0.717, 1.165) is 50.1 Å². The molecule has 1 spiro atoms. The van der Waals surface area contributed by atoms with Crippen molar-refractivity contribution in [2.45, 2.75) is 39.7 Å². The first-order valence-corrected chi connectivity index (χ1v) is 9.45. The number of para-hydroxylation sites is 1. The Bertz CT molecular complexity index is 596. The Kier molecular flexibility index (Phi) is 5.84. The van der Waals surface area contributed by atoms with Gasteiger partial charge >= 0.3 is 0 Å². The number of aryl methyl sites for hydroxylation is 1. The summed E-state index contributed by atoms with van der Waals surface area (Å²) >= 11 is 0. The van der Waals surface area contributed by atoms with Gasteiger partial charge in [0, 0.05) is 31.7 Å². The zero-order valence-corrected chi connectivity index (χ0v) is 15.8. The van der Waals surface area contributed by atoms with E-state index < -0.39 is 0 Å². The second kappa shape index (κ2) is 8.09. The fraction of sp³-hybridized carbons (Fsp3) is 0.650. The van der Waals surface area contributed by atoms with Crippen molar-refractivity contribution in [2.75, 3.05) is 39.4 Å². The van der Waals surface area contributed by atoms with Crippen LogP contribution in [-0.2, 0) is 4.74 Å². The second-order valence-electron chi connectivity index (χ2n) is 7.36. The van der Waals surface area contributed by atoms with E-state index in [2.05, 4.69) is 37.1 Å². The summed E-state index contributed by atoms with van der Waals surface area (Å²) in [5.74, 6) is 1.95. The van der Waals surface area contributed by atoms with Gasteiger partial charge < -0.3 is 19.7 Å². The average Bonchev–Trinajstić information content (AvgIpc) is 3.24. The third-order valence-corrected chi connectivity index (χ3v) is 5.18. The van der Waals surface area contributed by atoms with E-state index in [1.165, 1.54) is 12.8 Å². The van der Waals surface area contributed by atoms with Crippen LogP contribution in [0.5, 0.6) is 5.75 Å². The number of hydrogen-bond acceptors (Lipinski definition) is 3. The number of likely N-dealkylation sites (tertiary alicyclic amines) is 1. The van der Waals surface area contributed by atoms with E-state index in [0.29, 0.717) is 12.0 Å². The minimum absolute atomic E-state index is 0.0427. The molecule has 3 rings (SSSR count). The maximum absolute atomic E-state index is 6.06. The first-order valence-electron chi connectivity index (χ1n) is 9.45. The van der Waals surface area contributed by atoms with Gasteiger partial charge in [-0.25, -0.2) is 4.99 Å². The maximum Gasteiger partial charge on any atom is 0.194 e. The van der Waals surface area contributed by atoms with Crippen molar-refractivity contribution >= 4 is 5.96 Å². The predicted molar refractivity (Wildman–Crippen MR) is 101 cm³/mol. The first-order chi connectivity index (χ1) is 12.1. The van der Waals surface area contributed by atoms with Gasteiger partial charge in [0.1, 0.15) is 11.9 Å². The van der Waals surface area contributed by atoms with Crippen LogP contribution in [0.2, 0.25) is 0 Å². The summed E-state index contributed by atoms with van der Waals surface area (Å²) in [4.78, 5) is 7.23. The SMILES string of the molecule is CCNC(=NCC(C)Oc1ccccc1C)N1CCC2(CCOC2)C1. The highest BCUT2D eigenvalue weighted by molar-refractivity contribution is 5.80. The average molecular weight is 345 g/mol. The van der Waals surface area contributed by atoms with Crippen LogP contribution >= 0.6 is 0 Å². The molecule has 1 N–H and O–H groups in total. The molecular formula is C20H31N3O2. The Labute approximate surface area is 151 Å². The minimum Gasteiger partial charge on any atom is -0.489 e. The van der Waals surface area contributed by atoms with Crippen LogP contribution in [0.15, 0.2) is 29.3 Å². The Balaban J connectivity index is 1.59. The lowest BCUT2D eigenvalue weighted by Gasteiger charge is -2.25. The fourth-order valence-corrected chi connectivity index (χ4v) is 3.67. The summed E-state index contributed by atoms with van der Waals surface area (Å²) < 4.78 is 11.7. The molecule has 1 aromatic rings. The van der Waals surface area contributed by atoms with E-state index in [1.54, 1.807) is 0 Å². The molecule has 0 amide bonds. The van der Waals surface area contributed by atoms with Crippen molar-refractivity contribution in [3.05, 3.63) is 29.8 Å². The number of aliphatic imine (C=N–C) groups is 1. The molecule has 2 saturated heterocycles. The number of ether oxygens (including phenoxy) is 2. The van der Waals surface area contributed by atoms with E-state index in [-0.39, 0.29) is 6.10 Å². The minimum atomic E-state index is 0.0427. The second-order valence-corrected chi connectivity index (χ2v) is 7.36. The number of rotatable bonds is 5. The molecule has 25 heavy (non-hydrogen) atoms. The summed E-state index contributed by atoms with van der Waals surface area (Å²) in [6.07, 6.45) is 2.42. The van der Waals surface area contributed by atoms with Gasteiger partial charge in [0.15, 0.2) is 5.96 Å². The van der Waals surface area contributed by atoms with Crippen molar-refractivity contribution in [3.8, 4) is 5.75 Å². The van der Waals surface area contributed by atoms with Crippen LogP contribution in [0.4, 0.5) is 0 Å². The third kappa shape index (κ3) is 4.46. The quantitative estimate of drug-likeness (QED) is 0.658. The summed E-state index contributed by atoms with van der Waals surface area (Å²) in [6.45, 7) is 11.7. The zero-order valence-electron chi connectivity index (χ0n) is 15.8.